The van der Waals surface area contributed by atoms with Crippen LogP contribution in [-0.4, -0.2) is 24.4 Å². The van der Waals surface area contributed by atoms with E-state index < -0.39 is 5.43 Å². The molecule has 0 radical (unpaired) electrons. The smallest absolute Gasteiger partial charge is 0.223 e. The van der Waals surface area contributed by atoms with Crippen LogP contribution in [0.5, 0.6) is 11.5 Å². The van der Waals surface area contributed by atoms with E-state index in [0.29, 0.717) is 19.0 Å². The predicted octanol–water partition coefficient (Wildman–Crippen LogP) is 0.530. The fourth-order valence-corrected chi connectivity index (χ4v) is 1.12. The summed E-state index contributed by atoms with van der Waals surface area (Å²) in [5, 5.41) is 9.12. The van der Waals surface area contributed by atoms with Gasteiger partial charge in [0, 0.05) is 6.07 Å². The lowest BCUT2D eigenvalue weighted by atomic mass is 10.3. The monoisotopic (exact) mass is 194 g/mol. The summed E-state index contributed by atoms with van der Waals surface area (Å²) in [6.07, 6.45) is 0.0268. The third kappa shape index (κ3) is 1.85. The molecule has 1 aliphatic rings. The lowest BCUT2D eigenvalue weighted by Gasteiger charge is -2.26. The molecule has 4 heteroatoms. The summed E-state index contributed by atoms with van der Waals surface area (Å²) in [6, 6.07) is 5.82. The van der Waals surface area contributed by atoms with E-state index >= 15 is 0 Å². The van der Waals surface area contributed by atoms with Gasteiger partial charge >= 0.3 is 0 Å². The molecule has 1 N–H and O–H groups in total. The topological polar surface area (TPSA) is 55.8 Å². The molecule has 1 aromatic rings. The number of rotatable bonds is 2. The van der Waals surface area contributed by atoms with E-state index in [2.05, 4.69) is 0 Å². The first-order valence-electron chi connectivity index (χ1n) is 4.33. The number of hydrogen-bond acceptors (Lipinski definition) is 4. The quantitative estimate of drug-likeness (QED) is 0.746. The van der Waals surface area contributed by atoms with Crippen LogP contribution < -0.4 is 10.2 Å². The maximum Gasteiger partial charge on any atom is 0.223 e. The van der Waals surface area contributed by atoms with Gasteiger partial charge in [0.25, 0.3) is 0 Å². The summed E-state index contributed by atoms with van der Waals surface area (Å²) in [6.45, 7) is 1.11. The van der Waals surface area contributed by atoms with E-state index in [9.17, 15) is 4.79 Å². The van der Waals surface area contributed by atoms with Crippen molar-refractivity contribution in [2.45, 2.75) is 6.10 Å². The van der Waals surface area contributed by atoms with Crippen molar-refractivity contribution in [3.63, 3.8) is 0 Å². The summed E-state index contributed by atoms with van der Waals surface area (Å²) in [5.74, 6) is 0.188. The molecule has 0 saturated carbocycles. The highest BCUT2D eigenvalue weighted by atomic mass is 16.6. The van der Waals surface area contributed by atoms with Gasteiger partial charge in [0.2, 0.25) is 5.43 Å². The van der Waals surface area contributed by atoms with Crippen LogP contribution in [0.3, 0.4) is 0 Å². The van der Waals surface area contributed by atoms with Crippen molar-refractivity contribution in [3.05, 3.63) is 34.5 Å². The average molecular weight is 194 g/mol. The van der Waals surface area contributed by atoms with Crippen LogP contribution in [0.15, 0.2) is 29.1 Å². The van der Waals surface area contributed by atoms with Crippen LogP contribution in [0.4, 0.5) is 0 Å². The van der Waals surface area contributed by atoms with E-state index in [-0.39, 0.29) is 11.9 Å². The minimum Gasteiger partial charge on any atom is -0.504 e. The first kappa shape index (κ1) is 9.02. The van der Waals surface area contributed by atoms with E-state index in [4.69, 9.17) is 14.6 Å². The molecule has 0 aromatic heterocycles. The van der Waals surface area contributed by atoms with Gasteiger partial charge in [0.1, 0.15) is 11.9 Å². The Balaban J connectivity index is 2.22. The zero-order valence-electron chi connectivity index (χ0n) is 7.47. The Morgan fingerprint density at radius 2 is 2.21 bits per heavy atom. The highest BCUT2D eigenvalue weighted by Crippen LogP contribution is 2.14. The summed E-state index contributed by atoms with van der Waals surface area (Å²) in [4.78, 5) is 11.2. The molecular formula is C10H10O4. The molecule has 1 heterocycles. The SMILES string of the molecule is O=c1cc(OC2COC2)cccc1O. The van der Waals surface area contributed by atoms with Crippen molar-refractivity contribution in [2.75, 3.05) is 13.2 Å². The van der Waals surface area contributed by atoms with E-state index in [1.54, 1.807) is 12.1 Å². The first-order chi connectivity index (χ1) is 6.75. The summed E-state index contributed by atoms with van der Waals surface area (Å²) < 4.78 is 10.3. The van der Waals surface area contributed by atoms with Crippen LogP contribution in [0.1, 0.15) is 0 Å². The van der Waals surface area contributed by atoms with Gasteiger partial charge in [0.05, 0.1) is 13.2 Å². The van der Waals surface area contributed by atoms with Gasteiger partial charge in [-0.1, -0.05) is 6.07 Å². The van der Waals surface area contributed by atoms with Crippen molar-refractivity contribution >= 4 is 0 Å². The number of ether oxygens (including phenoxy) is 2. The highest BCUT2D eigenvalue weighted by molar-refractivity contribution is 5.27. The lowest BCUT2D eigenvalue weighted by Crippen LogP contribution is -2.38. The van der Waals surface area contributed by atoms with Crippen molar-refractivity contribution in [1.29, 1.82) is 0 Å². The van der Waals surface area contributed by atoms with Gasteiger partial charge in [-0.2, -0.15) is 0 Å². The van der Waals surface area contributed by atoms with Crippen LogP contribution in [0.2, 0.25) is 0 Å². The molecule has 0 bridgehead atoms. The average Bonchev–Trinajstić information content (AvgIpc) is 2.23. The molecule has 0 aliphatic carbocycles. The minimum absolute atomic E-state index is 0.0268. The molecular weight excluding hydrogens is 184 g/mol. The van der Waals surface area contributed by atoms with Crippen molar-refractivity contribution in [1.82, 2.24) is 0 Å². The lowest BCUT2D eigenvalue weighted by molar-refractivity contribution is -0.0796. The molecule has 1 fully saturated rings. The van der Waals surface area contributed by atoms with E-state index in [1.165, 1.54) is 12.1 Å². The second-order valence-electron chi connectivity index (χ2n) is 3.10. The normalized spacial score (nSPS) is 16.0. The molecule has 0 unspecified atom stereocenters. The van der Waals surface area contributed by atoms with Crippen molar-refractivity contribution in [2.24, 2.45) is 0 Å². The fourth-order valence-electron chi connectivity index (χ4n) is 1.12. The number of aromatic hydroxyl groups is 1. The summed E-state index contributed by atoms with van der Waals surface area (Å²) in [5.41, 5.74) is -0.440. The van der Waals surface area contributed by atoms with Gasteiger partial charge in [0.15, 0.2) is 5.75 Å². The second kappa shape index (κ2) is 3.67. The largest absolute Gasteiger partial charge is 0.504 e. The van der Waals surface area contributed by atoms with Crippen LogP contribution in [0, 0.1) is 0 Å². The zero-order valence-corrected chi connectivity index (χ0v) is 7.47. The Morgan fingerprint density at radius 1 is 1.43 bits per heavy atom. The Bertz CT molecular complexity index is 384. The predicted molar refractivity (Wildman–Crippen MR) is 49.6 cm³/mol. The maximum absolute atomic E-state index is 11.2. The fraction of sp³-hybridized carbons (Fsp3) is 0.300. The molecule has 0 amide bonds. The number of hydrogen-bond donors (Lipinski definition) is 1. The molecule has 14 heavy (non-hydrogen) atoms. The molecule has 0 spiro atoms. The Morgan fingerprint density at radius 3 is 2.86 bits per heavy atom. The Hall–Kier alpha value is -1.55. The van der Waals surface area contributed by atoms with E-state index in [1.807, 2.05) is 0 Å². The Kier molecular flexibility index (Phi) is 2.37. The molecule has 1 saturated heterocycles. The standard InChI is InChI=1S/C10H10O4/c11-9-3-1-2-7(4-10(9)12)14-8-5-13-6-8/h1-4,8H,5-6H2,(H,11,12). The molecule has 2 rings (SSSR count). The van der Waals surface area contributed by atoms with Gasteiger partial charge in [-0.3, -0.25) is 4.79 Å². The zero-order chi connectivity index (χ0) is 9.97. The van der Waals surface area contributed by atoms with Gasteiger partial charge in [-0.05, 0) is 12.1 Å². The molecule has 0 atom stereocenters. The Labute approximate surface area is 80.7 Å². The molecule has 4 nitrogen and oxygen atoms in total. The third-order valence-electron chi connectivity index (χ3n) is 1.95. The third-order valence-corrected chi connectivity index (χ3v) is 1.95. The van der Waals surface area contributed by atoms with Gasteiger partial charge < -0.3 is 14.6 Å². The summed E-state index contributed by atoms with van der Waals surface area (Å²) >= 11 is 0. The first-order valence-corrected chi connectivity index (χ1v) is 4.33. The van der Waals surface area contributed by atoms with Crippen LogP contribution in [0.25, 0.3) is 0 Å². The van der Waals surface area contributed by atoms with Gasteiger partial charge in [-0.15, -0.1) is 0 Å². The van der Waals surface area contributed by atoms with E-state index in [0.717, 1.165) is 0 Å². The van der Waals surface area contributed by atoms with Gasteiger partial charge in [-0.25, -0.2) is 0 Å². The molecule has 1 aromatic carbocycles. The minimum atomic E-state index is -0.440. The molecule has 74 valence electrons. The van der Waals surface area contributed by atoms with Crippen molar-refractivity contribution < 1.29 is 14.6 Å². The molecule has 1 aliphatic heterocycles. The summed E-state index contributed by atoms with van der Waals surface area (Å²) in [7, 11) is 0. The highest BCUT2D eigenvalue weighted by Gasteiger charge is 2.19. The van der Waals surface area contributed by atoms with Crippen LogP contribution in [-0.2, 0) is 4.74 Å². The van der Waals surface area contributed by atoms with Crippen LogP contribution >= 0.6 is 0 Å². The van der Waals surface area contributed by atoms with Crippen molar-refractivity contribution in [3.8, 4) is 11.5 Å². The maximum atomic E-state index is 11.2. The second-order valence-corrected chi connectivity index (χ2v) is 3.10.